The fourth-order valence-electron chi connectivity index (χ4n) is 4.87. The summed E-state index contributed by atoms with van der Waals surface area (Å²) in [6.45, 7) is 8.64. The van der Waals surface area contributed by atoms with Gasteiger partial charge in [0.25, 0.3) is 0 Å². The molecule has 0 atom stereocenters. The molecule has 1 amide bonds. The van der Waals surface area contributed by atoms with Gasteiger partial charge in [0.05, 0.1) is 16.7 Å². The van der Waals surface area contributed by atoms with Crippen LogP contribution in [-0.4, -0.2) is 60.5 Å². The quantitative estimate of drug-likeness (QED) is 0.555. The van der Waals surface area contributed by atoms with Crippen LogP contribution >= 0.6 is 0 Å². The Morgan fingerprint density at radius 1 is 1.11 bits per heavy atom. The summed E-state index contributed by atoms with van der Waals surface area (Å²) in [4.78, 5) is 16.2. The van der Waals surface area contributed by atoms with Crippen LogP contribution in [0.3, 0.4) is 0 Å². The first-order valence-corrected chi connectivity index (χ1v) is 14.3. The van der Waals surface area contributed by atoms with Gasteiger partial charge in [-0.05, 0) is 50.7 Å². The zero-order chi connectivity index (χ0) is 27.9. The Morgan fingerprint density at radius 2 is 1.74 bits per heavy atom. The molecule has 2 fully saturated rings. The van der Waals surface area contributed by atoms with Gasteiger partial charge in [0.1, 0.15) is 0 Å². The Hall–Kier alpha value is -2.38. The predicted molar refractivity (Wildman–Crippen MR) is 138 cm³/mol. The third-order valence-corrected chi connectivity index (χ3v) is 8.78. The van der Waals surface area contributed by atoms with Crippen molar-refractivity contribution in [2.75, 3.05) is 31.0 Å². The van der Waals surface area contributed by atoms with E-state index in [1.165, 1.54) is 21.0 Å². The topological polar surface area (TPSA) is 106 Å². The Bertz CT molecular complexity index is 1270. The number of carbonyl (C=O) groups is 1. The van der Waals surface area contributed by atoms with Crippen LogP contribution in [0.2, 0.25) is 0 Å². The van der Waals surface area contributed by atoms with Crippen molar-refractivity contribution >= 4 is 32.8 Å². The molecule has 0 saturated carbocycles. The molecular weight excluding hydrogens is 523 g/mol. The molecule has 0 spiro atoms. The van der Waals surface area contributed by atoms with Gasteiger partial charge in [-0.1, -0.05) is 20.8 Å². The predicted octanol–water partition coefficient (Wildman–Crippen LogP) is 4.07. The monoisotopic (exact) mass is 559 g/mol. The van der Waals surface area contributed by atoms with Crippen LogP contribution in [0, 0.1) is 18.3 Å². The maximum Gasteiger partial charge on any atom is 0.449 e. The zero-order valence-electron chi connectivity index (χ0n) is 22.2. The number of ether oxygens (including phenoxy) is 1. The van der Waals surface area contributed by atoms with Crippen LogP contribution in [0.25, 0.3) is 11.0 Å². The molecule has 0 unspecified atom stereocenters. The molecule has 4 rings (SSSR count). The Balaban J connectivity index is 1.52. The lowest BCUT2D eigenvalue weighted by Crippen LogP contribution is -2.49. The van der Waals surface area contributed by atoms with Crippen molar-refractivity contribution in [2.45, 2.75) is 72.1 Å². The van der Waals surface area contributed by atoms with Crippen molar-refractivity contribution in [3.63, 3.8) is 0 Å². The van der Waals surface area contributed by atoms with E-state index in [1.807, 2.05) is 20.8 Å². The summed E-state index contributed by atoms with van der Waals surface area (Å²) in [5.41, 5.74) is 0.414. The maximum atomic E-state index is 13.9. The van der Waals surface area contributed by atoms with Crippen molar-refractivity contribution < 1.29 is 31.1 Å². The number of amides is 1. The van der Waals surface area contributed by atoms with Crippen LogP contribution < -0.4 is 10.0 Å². The molecule has 0 bridgehead atoms. The average Bonchev–Trinajstić information content (AvgIpc) is 3.21. The highest BCUT2D eigenvalue weighted by Crippen LogP contribution is 2.36. The van der Waals surface area contributed by atoms with Crippen molar-refractivity contribution in [2.24, 2.45) is 11.3 Å². The summed E-state index contributed by atoms with van der Waals surface area (Å²) in [7, 11) is -3.96. The number of fused-ring (bicyclic) bond motifs is 1. The van der Waals surface area contributed by atoms with Gasteiger partial charge in [0.2, 0.25) is 11.7 Å². The molecule has 0 radical (unpaired) electrons. The SMILES string of the molecule is Cc1c(NS(=O)(=O)N2CCC(NC(=O)C(C)(C)C)CC2)ccc2c1nc(C(F)(F)F)n2CC1CCOCC1. The number of carbonyl (C=O) groups excluding carboxylic acids is 1. The molecule has 13 heteroatoms. The molecule has 2 aromatic rings. The highest BCUT2D eigenvalue weighted by Gasteiger charge is 2.39. The number of hydrogen-bond acceptors (Lipinski definition) is 5. The number of hydrogen-bond donors (Lipinski definition) is 2. The van der Waals surface area contributed by atoms with E-state index in [9.17, 15) is 26.4 Å². The summed E-state index contributed by atoms with van der Waals surface area (Å²) in [6, 6.07) is 2.87. The van der Waals surface area contributed by atoms with Crippen molar-refractivity contribution in [1.29, 1.82) is 0 Å². The van der Waals surface area contributed by atoms with E-state index in [1.54, 1.807) is 6.92 Å². The number of imidazole rings is 1. The Kier molecular flexibility index (Phi) is 8.02. The lowest BCUT2D eigenvalue weighted by atomic mass is 9.94. The lowest BCUT2D eigenvalue weighted by Gasteiger charge is -2.33. The van der Waals surface area contributed by atoms with Gasteiger partial charge in [-0.15, -0.1) is 0 Å². The fraction of sp³-hybridized carbons (Fsp3) is 0.680. The van der Waals surface area contributed by atoms with E-state index in [4.69, 9.17) is 4.74 Å². The maximum absolute atomic E-state index is 13.9. The average molecular weight is 560 g/mol. The lowest BCUT2D eigenvalue weighted by molar-refractivity contribution is -0.147. The largest absolute Gasteiger partial charge is 0.449 e. The van der Waals surface area contributed by atoms with Crippen molar-refractivity contribution in [3.05, 3.63) is 23.5 Å². The molecule has 3 heterocycles. The number of halogens is 3. The number of aromatic nitrogens is 2. The summed E-state index contributed by atoms with van der Waals surface area (Å²) in [5, 5.41) is 2.97. The van der Waals surface area contributed by atoms with Gasteiger partial charge in [-0.3, -0.25) is 9.52 Å². The molecule has 9 nitrogen and oxygen atoms in total. The van der Waals surface area contributed by atoms with Gasteiger partial charge in [-0.25, -0.2) is 4.98 Å². The van der Waals surface area contributed by atoms with Crippen LogP contribution in [-0.2, 0) is 32.5 Å². The Labute approximate surface area is 221 Å². The summed E-state index contributed by atoms with van der Waals surface area (Å²) in [5.74, 6) is -1.03. The minimum Gasteiger partial charge on any atom is -0.381 e. The van der Waals surface area contributed by atoms with Crippen LogP contribution in [0.1, 0.15) is 57.8 Å². The van der Waals surface area contributed by atoms with Gasteiger partial charge in [-0.2, -0.15) is 25.9 Å². The fourth-order valence-corrected chi connectivity index (χ4v) is 6.19. The number of benzene rings is 1. The van der Waals surface area contributed by atoms with Crippen molar-refractivity contribution in [1.82, 2.24) is 19.2 Å². The van der Waals surface area contributed by atoms with Crippen LogP contribution in [0.4, 0.5) is 18.9 Å². The van der Waals surface area contributed by atoms with Crippen LogP contribution in [0.5, 0.6) is 0 Å². The van der Waals surface area contributed by atoms with Gasteiger partial charge >= 0.3 is 16.4 Å². The number of rotatable bonds is 6. The van der Waals surface area contributed by atoms with Gasteiger partial charge in [0, 0.05) is 49.9 Å². The highest BCUT2D eigenvalue weighted by atomic mass is 32.2. The number of alkyl halides is 3. The summed E-state index contributed by atoms with van der Waals surface area (Å²) < 4.78 is 78.4. The second-order valence-corrected chi connectivity index (χ2v) is 12.9. The first kappa shape index (κ1) is 28.6. The third kappa shape index (κ3) is 6.26. The molecule has 1 aromatic heterocycles. The molecule has 2 aliphatic heterocycles. The molecular formula is C25H36F3N5O4S. The van der Waals surface area contributed by atoms with Crippen molar-refractivity contribution in [3.8, 4) is 0 Å². The second kappa shape index (κ2) is 10.6. The highest BCUT2D eigenvalue weighted by molar-refractivity contribution is 7.90. The van der Waals surface area contributed by atoms with E-state index in [0.29, 0.717) is 50.0 Å². The smallest absolute Gasteiger partial charge is 0.381 e. The normalized spacial score (nSPS) is 19.1. The van der Waals surface area contributed by atoms with E-state index < -0.39 is 27.6 Å². The standard InChI is InChI=1S/C25H36F3N5O4S/c1-16-19(31-38(35,36)32-11-7-18(8-12-32)29-23(34)24(2,3)4)5-6-20-21(16)30-22(25(26,27)28)33(20)15-17-9-13-37-14-10-17/h5-6,17-18,31H,7-15H2,1-4H3,(H,29,34). The van der Waals surface area contributed by atoms with E-state index in [2.05, 4.69) is 15.0 Å². The number of nitrogens with one attached hydrogen (secondary N) is 2. The van der Waals surface area contributed by atoms with Gasteiger partial charge in [0.15, 0.2) is 0 Å². The molecule has 2 N–H and O–H groups in total. The van der Waals surface area contributed by atoms with E-state index in [-0.39, 0.29) is 48.7 Å². The summed E-state index contributed by atoms with van der Waals surface area (Å²) in [6.07, 6.45) is -2.38. The first-order chi connectivity index (χ1) is 17.7. The first-order valence-electron chi connectivity index (χ1n) is 12.9. The van der Waals surface area contributed by atoms with Gasteiger partial charge < -0.3 is 14.6 Å². The van der Waals surface area contributed by atoms with Crippen LogP contribution in [0.15, 0.2) is 12.1 Å². The molecule has 2 saturated heterocycles. The Morgan fingerprint density at radius 3 is 2.32 bits per heavy atom. The molecule has 0 aliphatic carbocycles. The zero-order valence-corrected chi connectivity index (χ0v) is 23.0. The second-order valence-electron chi connectivity index (χ2n) is 11.2. The molecule has 2 aliphatic rings. The van der Waals surface area contributed by atoms with E-state index in [0.717, 1.165) is 0 Å². The third-order valence-electron chi connectivity index (χ3n) is 7.26. The molecule has 1 aromatic carbocycles. The number of aryl methyl sites for hydroxylation is 1. The number of nitrogens with zero attached hydrogens (tertiary/aromatic N) is 3. The summed E-state index contributed by atoms with van der Waals surface area (Å²) >= 11 is 0. The molecule has 212 valence electrons. The minimum absolute atomic E-state index is 0.0387. The molecule has 38 heavy (non-hydrogen) atoms. The number of piperidine rings is 1. The minimum atomic E-state index is -4.65. The number of anilines is 1. The van der Waals surface area contributed by atoms with E-state index >= 15 is 0 Å².